The molecule has 7 heteroatoms. The molecule has 0 saturated heterocycles. The standard InChI is InChI=1S/C27H26FN5O/c1-18-7-13-22(14-8-18)30-26-25(20-9-11-21(28)12-10-20)31-23-17-32(15-16-33(23)26)27(34)24(29)19-5-3-2-4-6-19/h2-14,24,30H,15-17,29H2,1H3/t24-/m1/s1. The molecule has 3 N–H and O–H groups in total. The van der Waals surface area contributed by atoms with Crippen LogP contribution in [0, 0.1) is 12.7 Å². The molecule has 172 valence electrons. The van der Waals surface area contributed by atoms with Crippen LogP contribution in [-0.2, 0) is 17.9 Å². The number of hydrogen-bond donors (Lipinski definition) is 2. The minimum atomic E-state index is -0.718. The van der Waals surface area contributed by atoms with Crippen molar-refractivity contribution in [1.82, 2.24) is 14.5 Å². The summed E-state index contributed by atoms with van der Waals surface area (Å²) in [7, 11) is 0. The second-order valence-corrected chi connectivity index (χ2v) is 8.52. The average molecular weight is 456 g/mol. The maximum atomic E-state index is 13.6. The molecule has 0 aliphatic carbocycles. The Morgan fingerprint density at radius 2 is 1.71 bits per heavy atom. The molecule has 1 amide bonds. The second kappa shape index (κ2) is 9.11. The highest BCUT2D eigenvalue weighted by Crippen LogP contribution is 2.33. The number of nitrogens with zero attached hydrogens (tertiary/aromatic N) is 3. The van der Waals surface area contributed by atoms with E-state index in [1.807, 2.05) is 61.5 Å². The van der Waals surface area contributed by atoms with Gasteiger partial charge in [-0.2, -0.15) is 0 Å². The highest BCUT2D eigenvalue weighted by atomic mass is 19.1. The van der Waals surface area contributed by atoms with Gasteiger partial charge in [-0.25, -0.2) is 9.37 Å². The van der Waals surface area contributed by atoms with Crippen LogP contribution in [0.5, 0.6) is 0 Å². The Hall–Kier alpha value is -3.97. The van der Waals surface area contributed by atoms with Gasteiger partial charge < -0.3 is 20.5 Å². The Morgan fingerprint density at radius 1 is 1.00 bits per heavy atom. The lowest BCUT2D eigenvalue weighted by atomic mass is 10.1. The van der Waals surface area contributed by atoms with Crippen molar-refractivity contribution in [3.05, 3.63) is 102 Å². The van der Waals surface area contributed by atoms with Gasteiger partial charge in [0.05, 0.1) is 6.54 Å². The Kier molecular flexibility index (Phi) is 5.86. The SMILES string of the molecule is Cc1ccc(Nc2c(-c3ccc(F)cc3)nc3n2CCN(C(=O)[C@H](N)c2ccccc2)C3)cc1. The van der Waals surface area contributed by atoms with Crippen LogP contribution in [0.3, 0.4) is 0 Å². The van der Waals surface area contributed by atoms with E-state index in [0.717, 1.165) is 34.2 Å². The number of rotatable bonds is 5. The predicted octanol–water partition coefficient (Wildman–Crippen LogP) is 4.78. The molecule has 1 aromatic heterocycles. The van der Waals surface area contributed by atoms with Gasteiger partial charge in [-0.3, -0.25) is 4.79 Å². The van der Waals surface area contributed by atoms with E-state index in [2.05, 4.69) is 9.88 Å². The smallest absolute Gasteiger partial charge is 0.244 e. The summed E-state index contributed by atoms with van der Waals surface area (Å²) in [4.78, 5) is 19.8. The number of amides is 1. The van der Waals surface area contributed by atoms with Crippen molar-refractivity contribution in [2.45, 2.75) is 26.1 Å². The fourth-order valence-corrected chi connectivity index (χ4v) is 4.23. The number of nitrogens with two attached hydrogens (primary N) is 1. The number of benzene rings is 3. The fraction of sp³-hybridized carbons (Fsp3) is 0.185. The predicted molar refractivity (Wildman–Crippen MR) is 131 cm³/mol. The Balaban J connectivity index is 1.47. The number of carbonyl (C=O) groups is 1. The Labute approximate surface area is 197 Å². The van der Waals surface area contributed by atoms with Gasteiger partial charge in [-0.05, 0) is 48.9 Å². The van der Waals surface area contributed by atoms with Crippen LogP contribution in [0.2, 0.25) is 0 Å². The molecular weight excluding hydrogens is 429 g/mol. The summed E-state index contributed by atoms with van der Waals surface area (Å²) in [5, 5.41) is 3.49. The number of carbonyl (C=O) groups excluding carboxylic acids is 1. The summed E-state index contributed by atoms with van der Waals surface area (Å²) in [6, 6.07) is 23.1. The van der Waals surface area contributed by atoms with E-state index < -0.39 is 6.04 Å². The zero-order valence-corrected chi connectivity index (χ0v) is 18.9. The van der Waals surface area contributed by atoms with Crippen molar-refractivity contribution in [3.63, 3.8) is 0 Å². The summed E-state index contributed by atoms with van der Waals surface area (Å²) in [6.45, 7) is 3.49. The molecule has 0 saturated carbocycles. The molecule has 1 aliphatic rings. The lowest BCUT2D eigenvalue weighted by Gasteiger charge is -2.30. The summed E-state index contributed by atoms with van der Waals surface area (Å²) >= 11 is 0. The van der Waals surface area contributed by atoms with E-state index in [0.29, 0.717) is 19.6 Å². The Morgan fingerprint density at radius 3 is 2.41 bits per heavy atom. The third kappa shape index (κ3) is 4.30. The van der Waals surface area contributed by atoms with Crippen molar-refractivity contribution in [2.24, 2.45) is 5.73 Å². The topological polar surface area (TPSA) is 76.2 Å². The summed E-state index contributed by atoms with van der Waals surface area (Å²) in [5.41, 5.74) is 10.7. The van der Waals surface area contributed by atoms with Crippen molar-refractivity contribution in [1.29, 1.82) is 0 Å². The maximum Gasteiger partial charge on any atom is 0.244 e. The van der Waals surface area contributed by atoms with Gasteiger partial charge in [0.2, 0.25) is 5.91 Å². The molecule has 0 radical (unpaired) electrons. The second-order valence-electron chi connectivity index (χ2n) is 8.52. The molecule has 3 aromatic carbocycles. The quantitative estimate of drug-likeness (QED) is 0.454. The number of fused-ring (bicyclic) bond motifs is 1. The maximum absolute atomic E-state index is 13.6. The number of halogens is 1. The van der Waals surface area contributed by atoms with E-state index in [-0.39, 0.29) is 11.7 Å². The monoisotopic (exact) mass is 455 g/mol. The summed E-state index contributed by atoms with van der Waals surface area (Å²) < 4.78 is 15.7. The molecule has 2 heterocycles. The number of imidazole rings is 1. The van der Waals surface area contributed by atoms with Crippen molar-refractivity contribution in [2.75, 3.05) is 11.9 Å². The molecule has 1 aliphatic heterocycles. The first kappa shape index (κ1) is 21.9. The molecule has 0 spiro atoms. The van der Waals surface area contributed by atoms with Gasteiger partial charge in [0.15, 0.2) is 0 Å². The first-order chi connectivity index (χ1) is 16.5. The molecule has 0 fully saturated rings. The third-order valence-corrected chi connectivity index (χ3v) is 6.14. The molecule has 1 atom stereocenters. The number of hydrogen-bond acceptors (Lipinski definition) is 4. The van der Waals surface area contributed by atoms with Gasteiger partial charge in [0.1, 0.15) is 29.2 Å². The average Bonchev–Trinajstić information content (AvgIpc) is 3.23. The number of anilines is 2. The van der Waals surface area contributed by atoms with Crippen LogP contribution in [-0.4, -0.2) is 26.9 Å². The van der Waals surface area contributed by atoms with E-state index in [1.54, 1.807) is 17.0 Å². The van der Waals surface area contributed by atoms with E-state index in [1.165, 1.54) is 17.7 Å². The number of nitrogens with one attached hydrogen (secondary N) is 1. The lowest BCUT2D eigenvalue weighted by Crippen LogP contribution is -2.43. The third-order valence-electron chi connectivity index (χ3n) is 6.14. The molecule has 4 aromatic rings. The largest absolute Gasteiger partial charge is 0.340 e. The van der Waals surface area contributed by atoms with E-state index >= 15 is 0 Å². The first-order valence-corrected chi connectivity index (χ1v) is 11.3. The Bertz CT molecular complexity index is 1300. The highest BCUT2D eigenvalue weighted by molar-refractivity contribution is 5.83. The van der Waals surface area contributed by atoms with Crippen molar-refractivity contribution < 1.29 is 9.18 Å². The van der Waals surface area contributed by atoms with Gasteiger partial charge in [0.25, 0.3) is 0 Å². The van der Waals surface area contributed by atoms with Crippen LogP contribution in [0.4, 0.5) is 15.9 Å². The molecule has 6 nitrogen and oxygen atoms in total. The summed E-state index contributed by atoms with van der Waals surface area (Å²) in [6.07, 6.45) is 0. The highest BCUT2D eigenvalue weighted by Gasteiger charge is 2.29. The minimum Gasteiger partial charge on any atom is -0.340 e. The van der Waals surface area contributed by atoms with E-state index in [9.17, 15) is 9.18 Å². The van der Waals surface area contributed by atoms with Gasteiger partial charge in [0, 0.05) is 24.3 Å². The molecule has 5 rings (SSSR count). The minimum absolute atomic E-state index is 0.128. The molecular formula is C27H26FN5O. The van der Waals surface area contributed by atoms with Crippen LogP contribution >= 0.6 is 0 Å². The van der Waals surface area contributed by atoms with Gasteiger partial charge in [-0.1, -0.05) is 48.0 Å². The number of aryl methyl sites for hydroxylation is 1. The fourth-order valence-electron chi connectivity index (χ4n) is 4.23. The molecule has 0 bridgehead atoms. The first-order valence-electron chi connectivity index (χ1n) is 11.3. The zero-order chi connectivity index (χ0) is 23.7. The van der Waals surface area contributed by atoms with Crippen molar-refractivity contribution in [3.8, 4) is 11.3 Å². The van der Waals surface area contributed by atoms with E-state index in [4.69, 9.17) is 10.7 Å². The van der Waals surface area contributed by atoms with Crippen LogP contribution in [0.1, 0.15) is 23.0 Å². The van der Waals surface area contributed by atoms with Crippen LogP contribution in [0.25, 0.3) is 11.3 Å². The number of aromatic nitrogens is 2. The van der Waals surface area contributed by atoms with Gasteiger partial charge >= 0.3 is 0 Å². The van der Waals surface area contributed by atoms with Crippen LogP contribution < -0.4 is 11.1 Å². The lowest BCUT2D eigenvalue weighted by molar-refractivity contribution is -0.134. The normalized spacial score (nSPS) is 13.9. The zero-order valence-electron chi connectivity index (χ0n) is 18.9. The molecule has 34 heavy (non-hydrogen) atoms. The van der Waals surface area contributed by atoms with Crippen molar-refractivity contribution >= 4 is 17.4 Å². The molecule has 0 unspecified atom stereocenters. The van der Waals surface area contributed by atoms with Crippen LogP contribution in [0.15, 0.2) is 78.9 Å². The van der Waals surface area contributed by atoms with Gasteiger partial charge in [-0.15, -0.1) is 0 Å². The summed E-state index contributed by atoms with van der Waals surface area (Å²) in [5.74, 6) is 1.16.